The monoisotopic (exact) mass is 378 g/mol. The van der Waals surface area contributed by atoms with Gasteiger partial charge in [-0.25, -0.2) is 0 Å². The first kappa shape index (κ1) is 19.2. The van der Waals surface area contributed by atoms with Crippen LogP contribution in [-0.2, 0) is 17.6 Å². The van der Waals surface area contributed by atoms with Gasteiger partial charge in [-0.15, -0.1) is 13.2 Å². The maximum absolute atomic E-state index is 12.2. The average molecular weight is 378 g/mol. The lowest BCUT2D eigenvalue weighted by Gasteiger charge is -2.11. The summed E-state index contributed by atoms with van der Waals surface area (Å²) >= 11 is 0. The Morgan fingerprint density at radius 3 is 2.15 bits per heavy atom. The number of carbonyl (C=O) groups excluding carboxylic acids is 1. The van der Waals surface area contributed by atoms with E-state index in [9.17, 15) is 18.0 Å². The second kappa shape index (κ2) is 8.43. The lowest BCUT2D eigenvalue weighted by atomic mass is 10.0. The van der Waals surface area contributed by atoms with E-state index in [1.165, 1.54) is 12.1 Å². The summed E-state index contributed by atoms with van der Waals surface area (Å²) in [5.41, 5.74) is 2.77. The molecule has 0 aliphatic carbocycles. The quantitative estimate of drug-likeness (QED) is 0.797. The highest BCUT2D eigenvalue weighted by molar-refractivity contribution is 5.95. The van der Waals surface area contributed by atoms with Gasteiger partial charge in [0.2, 0.25) is 5.91 Å². The van der Waals surface area contributed by atoms with Crippen molar-refractivity contribution in [2.75, 3.05) is 11.9 Å². The summed E-state index contributed by atoms with van der Waals surface area (Å²) in [6.07, 6.45) is -1.36. The van der Waals surface area contributed by atoms with Gasteiger partial charge in [-0.2, -0.15) is 0 Å². The molecule has 1 aliphatic rings. The van der Waals surface area contributed by atoms with Crippen molar-refractivity contribution in [2.45, 2.75) is 38.1 Å². The highest BCUT2D eigenvalue weighted by Gasteiger charge is 2.30. The van der Waals surface area contributed by atoms with Crippen LogP contribution >= 0.6 is 0 Å². The molecule has 1 unspecified atom stereocenters. The number of anilines is 1. The number of benzene rings is 2. The number of hydrogen-bond acceptors (Lipinski definition) is 3. The van der Waals surface area contributed by atoms with E-state index in [1.54, 1.807) is 12.1 Å². The Bertz CT molecular complexity index is 752. The standard InChI is InChI=1S/C20H21F3N2O2/c21-20(22,23)27-17-11-7-15(8-12-17)4-3-14-5-9-16(10-6-14)25-19(26)18-2-1-13-24-18/h5-12,18,24H,1-4,13H2,(H,25,26). The maximum Gasteiger partial charge on any atom is 0.573 e. The molecule has 144 valence electrons. The van der Waals surface area contributed by atoms with Gasteiger partial charge in [0.05, 0.1) is 6.04 Å². The molecular weight excluding hydrogens is 357 g/mol. The van der Waals surface area contributed by atoms with E-state index in [4.69, 9.17) is 0 Å². The minimum atomic E-state index is -4.67. The zero-order valence-electron chi connectivity index (χ0n) is 14.7. The molecule has 1 amide bonds. The molecule has 1 atom stereocenters. The average Bonchev–Trinajstić information content (AvgIpc) is 3.16. The van der Waals surface area contributed by atoms with Crippen LogP contribution in [0.4, 0.5) is 18.9 Å². The molecule has 2 N–H and O–H groups in total. The molecule has 1 saturated heterocycles. The highest BCUT2D eigenvalue weighted by Crippen LogP contribution is 2.23. The second-order valence-electron chi connectivity index (χ2n) is 6.53. The molecule has 0 spiro atoms. The summed E-state index contributed by atoms with van der Waals surface area (Å²) in [7, 11) is 0. The van der Waals surface area contributed by atoms with Crippen LogP contribution in [-0.4, -0.2) is 24.9 Å². The molecule has 2 aromatic rings. The molecule has 2 aromatic carbocycles. The fraction of sp³-hybridized carbons (Fsp3) is 0.350. The SMILES string of the molecule is O=C(Nc1ccc(CCc2ccc(OC(F)(F)F)cc2)cc1)C1CCCN1. The number of hydrogen-bond donors (Lipinski definition) is 2. The summed E-state index contributed by atoms with van der Waals surface area (Å²) in [5, 5.41) is 6.06. The predicted octanol–water partition coefficient (Wildman–Crippen LogP) is 4.06. The van der Waals surface area contributed by atoms with Crippen LogP contribution in [0, 0.1) is 0 Å². The fourth-order valence-electron chi connectivity index (χ4n) is 3.04. The van der Waals surface area contributed by atoms with E-state index in [0.29, 0.717) is 6.42 Å². The number of nitrogens with one attached hydrogen (secondary N) is 2. The number of rotatable bonds is 6. The summed E-state index contributed by atoms with van der Waals surface area (Å²) in [6, 6.07) is 13.4. The Kier molecular flexibility index (Phi) is 6.01. The molecule has 1 fully saturated rings. The molecule has 27 heavy (non-hydrogen) atoms. The normalized spacial score (nSPS) is 16.9. The van der Waals surface area contributed by atoms with Gasteiger partial charge in [-0.1, -0.05) is 24.3 Å². The third-order valence-corrected chi connectivity index (χ3v) is 4.46. The highest BCUT2D eigenvalue weighted by atomic mass is 19.4. The number of alkyl halides is 3. The molecule has 0 bridgehead atoms. The summed E-state index contributed by atoms with van der Waals surface area (Å²) in [4.78, 5) is 12.1. The van der Waals surface area contributed by atoms with Gasteiger partial charge in [-0.05, 0) is 67.6 Å². The Labute approximate surface area is 155 Å². The van der Waals surface area contributed by atoms with Crippen LogP contribution in [0.5, 0.6) is 5.75 Å². The third-order valence-electron chi connectivity index (χ3n) is 4.46. The fourth-order valence-corrected chi connectivity index (χ4v) is 3.04. The first-order valence-corrected chi connectivity index (χ1v) is 8.87. The number of aryl methyl sites for hydroxylation is 2. The Balaban J connectivity index is 1.49. The van der Waals surface area contributed by atoms with Crippen LogP contribution in [0.25, 0.3) is 0 Å². The molecule has 1 aliphatic heterocycles. The maximum atomic E-state index is 12.2. The summed E-state index contributed by atoms with van der Waals surface area (Å²) in [6.45, 7) is 0.875. The molecule has 0 saturated carbocycles. The molecule has 4 nitrogen and oxygen atoms in total. The number of carbonyl (C=O) groups is 1. The van der Waals surface area contributed by atoms with Gasteiger partial charge >= 0.3 is 6.36 Å². The van der Waals surface area contributed by atoms with Crippen molar-refractivity contribution < 1.29 is 22.7 Å². The zero-order chi connectivity index (χ0) is 19.3. The van der Waals surface area contributed by atoms with Gasteiger partial charge in [0, 0.05) is 5.69 Å². The second-order valence-corrected chi connectivity index (χ2v) is 6.53. The van der Waals surface area contributed by atoms with Gasteiger partial charge < -0.3 is 15.4 Å². The van der Waals surface area contributed by atoms with Crippen molar-refractivity contribution in [3.63, 3.8) is 0 Å². The van der Waals surface area contributed by atoms with Gasteiger partial charge in [0.15, 0.2) is 0 Å². The third kappa shape index (κ3) is 5.99. The van der Waals surface area contributed by atoms with Crippen molar-refractivity contribution in [1.82, 2.24) is 5.32 Å². The van der Waals surface area contributed by atoms with Crippen molar-refractivity contribution in [3.05, 3.63) is 59.7 Å². The Hall–Kier alpha value is -2.54. The Morgan fingerprint density at radius 1 is 1.04 bits per heavy atom. The largest absolute Gasteiger partial charge is 0.573 e. The molecule has 0 radical (unpaired) electrons. The van der Waals surface area contributed by atoms with Crippen molar-refractivity contribution >= 4 is 11.6 Å². The molecule has 3 rings (SSSR count). The summed E-state index contributed by atoms with van der Waals surface area (Å²) in [5.74, 6) is -0.232. The zero-order valence-corrected chi connectivity index (χ0v) is 14.7. The molecule has 1 heterocycles. The lowest BCUT2D eigenvalue weighted by Crippen LogP contribution is -2.35. The van der Waals surface area contributed by atoms with Crippen LogP contribution in [0.2, 0.25) is 0 Å². The van der Waals surface area contributed by atoms with Gasteiger partial charge in [-0.3, -0.25) is 4.79 Å². The van der Waals surface area contributed by atoms with Crippen LogP contribution < -0.4 is 15.4 Å². The Morgan fingerprint density at radius 2 is 1.63 bits per heavy atom. The van der Waals surface area contributed by atoms with Crippen molar-refractivity contribution in [1.29, 1.82) is 0 Å². The van der Waals surface area contributed by atoms with E-state index in [-0.39, 0.29) is 17.7 Å². The first-order chi connectivity index (χ1) is 12.9. The molecule has 7 heteroatoms. The number of amides is 1. The number of ether oxygens (including phenoxy) is 1. The molecular formula is C20H21F3N2O2. The number of halogens is 3. The van der Waals surface area contributed by atoms with E-state index >= 15 is 0 Å². The van der Waals surface area contributed by atoms with E-state index in [0.717, 1.165) is 42.6 Å². The topological polar surface area (TPSA) is 50.4 Å². The molecule has 0 aromatic heterocycles. The predicted molar refractivity (Wildman–Crippen MR) is 96.6 cm³/mol. The minimum absolute atomic E-state index is 0.0126. The van der Waals surface area contributed by atoms with E-state index in [2.05, 4.69) is 15.4 Å². The summed E-state index contributed by atoms with van der Waals surface area (Å²) < 4.78 is 40.3. The van der Waals surface area contributed by atoms with Gasteiger partial charge in [0.25, 0.3) is 0 Å². The van der Waals surface area contributed by atoms with Crippen LogP contribution in [0.1, 0.15) is 24.0 Å². The minimum Gasteiger partial charge on any atom is -0.406 e. The van der Waals surface area contributed by atoms with Crippen molar-refractivity contribution in [3.8, 4) is 5.75 Å². The van der Waals surface area contributed by atoms with E-state index in [1.807, 2.05) is 24.3 Å². The first-order valence-electron chi connectivity index (χ1n) is 8.87. The van der Waals surface area contributed by atoms with Crippen molar-refractivity contribution in [2.24, 2.45) is 0 Å². The van der Waals surface area contributed by atoms with Crippen LogP contribution in [0.3, 0.4) is 0 Å². The van der Waals surface area contributed by atoms with Crippen LogP contribution in [0.15, 0.2) is 48.5 Å². The smallest absolute Gasteiger partial charge is 0.406 e. The lowest BCUT2D eigenvalue weighted by molar-refractivity contribution is -0.274. The van der Waals surface area contributed by atoms with Gasteiger partial charge in [0.1, 0.15) is 5.75 Å². The van der Waals surface area contributed by atoms with E-state index < -0.39 is 6.36 Å².